The van der Waals surface area contributed by atoms with Gasteiger partial charge in [0.2, 0.25) is 5.91 Å². The lowest BCUT2D eigenvalue weighted by molar-refractivity contribution is -0.134. The van der Waals surface area contributed by atoms with Crippen molar-refractivity contribution in [3.63, 3.8) is 0 Å². The summed E-state index contributed by atoms with van der Waals surface area (Å²) in [6, 6.07) is 0. The molecule has 0 radical (unpaired) electrons. The van der Waals surface area contributed by atoms with Gasteiger partial charge in [-0.05, 0) is 31.6 Å². The second-order valence-corrected chi connectivity index (χ2v) is 7.69. The van der Waals surface area contributed by atoms with Crippen molar-refractivity contribution >= 4 is 16.0 Å². The number of nitrogens with zero attached hydrogens (tertiary/aromatic N) is 1. The largest absolute Gasteiger partial charge is 0.342 e. The van der Waals surface area contributed by atoms with Crippen LogP contribution in [0.2, 0.25) is 0 Å². The molecule has 1 amide bonds. The van der Waals surface area contributed by atoms with Gasteiger partial charge in [0.15, 0.2) is 0 Å². The number of carbonyl (C=O) groups excluding carboxylic acids is 1. The molecule has 1 aliphatic carbocycles. The van der Waals surface area contributed by atoms with Crippen molar-refractivity contribution in [3.8, 4) is 0 Å². The van der Waals surface area contributed by atoms with Crippen molar-refractivity contribution in [2.45, 2.75) is 57.5 Å². The molecular weight excluding hydrogens is 278 g/mol. The highest BCUT2D eigenvalue weighted by atomic mass is 32.2. The normalized spacial score (nSPS) is 22.9. The molecule has 0 spiro atoms. The number of hydrogen-bond donors (Lipinski definition) is 0. The molecule has 0 aromatic heterocycles. The molecule has 0 N–H and O–H groups in total. The van der Waals surface area contributed by atoms with Gasteiger partial charge in [-0.1, -0.05) is 19.3 Å². The highest BCUT2D eigenvalue weighted by Crippen LogP contribution is 2.27. The minimum absolute atomic E-state index is 0.231. The molecule has 0 aromatic rings. The van der Waals surface area contributed by atoms with Crippen LogP contribution in [0.5, 0.6) is 0 Å². The molecule has 0 aromatic carbocycles. The topological polar surface area (TPSA) is 63.7 Å². The standard InChI is InChI=1S/C14H25NO4S/c1-20(17,18)19-13-7-9-15(10-8-13)14(16)11-12-5-3-2-4-6-12/h12-13H,2-11H2,1H3. The molecule has 0 unspecified atom stereocenters. The molecular formula is C14H25NO4S. The Kier molecular flexibility index (Phi) is 5.43. The predicted molar refractivity (Wildman–Crippen MR) is 76.7 cm³/mol. The van der Waals surface area contributed by atoms with Gasteiger partial charge in [-0.15, -0.1) is 0 Å². The van der Waals surface area contributed by atoms with Crippen LogP contribution in [0.4, 0.5) is 0 Å². The van der Waals surface area contributed by atoms with E-state index in [0.717, 1.165) is 6.26 Å². The van der Waals surface area contributed by atoms with Gasteiger partial charge in [-0.25, -0.2) is 0 Å². The van der Waals surface area contributed by atoms with Crippen LogP contribution in [-0.4, -0.2) is 44.7 Å². The number of piperidine rings is 1. The van der Waals surface area contributed by atoms with Gasteiger partial charge < -0.3 is 4.90 Å². The van der Waals surface area contributed by atoms with Gasteiger partial charge in [-0.3, -0.25) is 8.98 Å². The van der Waals surface area contributed by atoms with E-state index in [-0.39, 0.29) is 12.0 Å². The fourth-order valence-corrected chi connectivity index (χ4v) is 3.90. The minimum atomic E-state index is -3.39. The second kappa shape index (κ2) is 6.89. The van der Waals surface area contributed by atoms with Crippen molar-refractivity contribution in [1.82, 2.24) is 4.90 Å². The quantitative estimate of drug-likeness (QED) is 0.744. The lowest BCUT2D eigenvalue weighted by atomic mass is 9.86. The molecule has 20 heavy (non-hydrogen) atoms. The minimum Gasteiger partial charge on any atom is -0.342 e. The number of carbonyl (C=O) groups is 1. The summed E-state index contributed by atoms with van der Waals surface area (Å²) < 4.78 is 27.1. The van der Waals surface area contributed by atoms with E-state index in [2.05, 4.69) is 0 Å². The highest BCUT2D eigenvalue weighted by molar-refractivity contribution is 7.86. The molecule has 1 heterocycles. The van der Waals surface area contributed by atoms with Gasteiger partial charge in [0.05, 0.1) is 12.4 Å². The molecule has 2 fully saturated rings. The van der Waals surface area contributed by atoms with E-state index in [1.165, 1.54) is 32.1 Å². The molecule has 2 rings (SSSR count). The van der Waals surface area contributed by atoms with E-state index >= 15 is 0 Å². The Bertz CT molecular complexity index is 420. The third-order valence-electron chi connectivity index (χ3n) is 4.29. The van der Waals surface area contributed by atoms with Crippen molar-refractivity contribution < 1.29 is 17.4 Å². The summed E-state index contributed by atoms with van der Waals surface area (Å²) >= 11 is 0. The van der Waals surface area contributed by atoms with Crippen LogP contribution >= 0.6 is 0 Å². The first-order valence-corrected chi connectivity index (χ1v) is 9.42. The van der Waals surface area contributed by atoms with E-state index in [4.69, 9.17) is 4.18 Å². The van der Waals surface area contributed by atoms with Gasteiger partial charge in [0.1, 0.15) is 0 Å². The van der Waals surface area contributed by atoms with Gasteiger partial charge in [0.25, 0.3) is 10.1 Å². The van der Waals surface area contributed by atoms with Crippen LogP contribution in [-0.2, 0) is 19.1 Å². The zero-order valence-electron chi connectivity index (χ0n) is 12.2. The molecule has 1 aliphatic heterocycles. The number of likely N-dealkylation sites (tertiary alicyclic amines) is 1. The predicted octanol–water partition coefficient (Wildman–Crippen LogP) is 1.92. The summed E-state index contributed by atoms with van der Waals surface area (Å²) in [5.41, 5.74) is 0. The third kappa shape index (κ3) is 5.05. The van der Waals surface area contributed by atoms with E-state index in [9.17, 15) is 13.2 Å². The van der Waals surface area contributed by atoms with E-state index in [1.807, 2.05) is 4.90 Å². The average molecular weight is 303 g/mol. The van der Waals surface area contributed by atoms with Crippen molar-refractivity contribution in [2.75, 3.05) is 19.3 Å². The first-order chi connectivity index (χ1) is 9.44. The summed E-state index contributed by atoms with van der Waals surface area (Å²) in [6.45, 7) is 1.23. The van der Waals surface area contributed by atoms with Crippen LogP contribution in [0.15, 0.2) is 0 Å². The van der Waals surface area contributed by atoms with E-state index < -0.39 is 10.1 Å². The fourth-order valence-electron chi connectivity index (χ4n) is 3.22. The Morgan fingerprint density at radius 1 is 1.10 bits per heavy atom. The van der Waals surface area contributed by atoms with E-state index in [0.29, 0.717) is 38.3 Å². The maximum Gasteiger partial charge on any atom is 0.264 e. The zero-order chi connectivity index (χ0) is 14.6. The van der Waals surface area contributed by atoms with Crippen molar-refractivity contribution in [1.29, 1.82) is 0 Å². The smallest absolute Gasteiger partial charge is 0.264 e. The first-order valence-electron chi connectivity index (χ1n) is 7.60. The maximum atomic E-state index is 12.2. The monoisotopic (exact) mass is 303 g/mol. The Balaban J connectivity index is 1.74. The van der Waals surface area contributed by atoms with Crippen LogP contribution in [0.3, 0.4) is 0 Å². The summed E-state index contributed by atoms with van der Waals surface area (Å²) in [5, 5.41) is 0. The molecule has 116 valence electrons. The van der Waals surface area contributed by atoms with Gasteiger partial charge >= 0.3 is 0 Å². The molecule has 2 aliphatic rings. The van der Waals surface area contributed by atoms with Crippen molar-refractivity contribution in [2.24, 2.45) is 5.92 Å². The lowest BCUT2D eigenvalue weighted by Gasteiger charge is -2.32. The Labute approximate surface area is 121 Å². The second-order valence-electron chi connectivity index (χ2n) is 6.09. The first kappa shape index (κ1) is 15.8. The van der Waals surface area contributed by atoms with Gasteiger partial charge in [-0.2, -0.15) is 8.42 Å². The molecule has 1 saturated carbocycles. The Morgan fingerprint density at radius 2 is 1.70 bits per heavy atom. The number of amides is 1. The summed E-state index contributed by atoms with van der Waals surface area (Å²) in [4.78, 5) is 14.1. The molecule has 6 heteroatoms. The summed E-state index contributed by atoms with van der Waals surface area (Å²) in [6.07, 6.45) is 8.88. The molecule has 0 atom stereocenters. The Morgan fingerprint density at radius 3 is 2.25 bits per heavy atom. The average Bonchev–Trinajstić information content (AvgIpc) is 2.39. The highest BCUT2D eigenvalue weighted by Gasteiger charge is 2.27. The lowest BCUT2D eigenvalue weighted by Crippen LogP contribution is -2.42. The van der Waals surface area contributed by atoms with E-state index in [1.54, 1.807) is 0 Å². The van der Waals surface area contributed by atoms with Crippen LogP contribution in [0.1, 0.15) is 51.4 Å². The Hall–Kier alpha value is -0.620. The maximum absolute atomic E-state index is 12.2. The van der Waals surface area contributed by atoms with Crippen LogP contribution in [0.25, 0.3) is 0 Å². The summed E-state index contributed by atoms with van der Waals surface area (Å²) in [5.74, 6) is 0.788. The van der Waals surface area contributed by atoms with Crippen LogP contribution in [0, 0.1) is 5.92 Å². The fraction of sp³-hybridized carbons (Fsp3) is 0.929. The third-order valence-corrected chi connectivity index (χ3v) is 4.92. The van der Waals surface area contributed by atoms with Crippen molar-refractivity contribution in [3.05, 3.63) is 0 Å². The molecule has 0 bridgehead atoms. The molecule has 5 nitrogen and oxygen atoms in total. The number of hydrogen-bond acceptors (Lipinski definition) is 4. The summed E-state index contributed by atoms with van der Waals surface area (Å²) in [7, 11) is -3.39. The van der Waals surface area contributed by atoms with Crippen LogP contribution < -0.4 is 0 Å². The van der Waals surface area contributed by atoms with Gasteiger partial charge in [0, 0.05) is 19.5 Å². The SMILES string of the molecule is CS(=O)(=O)OC1CCN(C(=O)CC2CCCCC2)CC1. The zero-order valence-corrected chi connectivity index (χ0v) is 13.0. The number of rotatable bonds is 4. The molecule has 1 saturated heterocycles.